The zero-order valence-corrected chi connectivity index (χ0v) is 20.1. The summed E-state index contributed by atoms with van der Waals surface area (Å²) < 4.78 is 57.9. The lowest BCUT2D eigenvalue weighted by molar-refractivity contribution is 0.102. The summed E-state index contributed by atoms with van der Waals surface area (Å²) in [7, 11) is -3.72. The van der Waals surface area contributed by atoms with Crippen LogP contribution in [0.15, 0.2) is 52.3 Å². The van der Waals surface area contributed by atoms with E-state index >= 15 is 0 Å². The Morgan fingerprint density at radius 1 is 1.12 bits per heavy atom. The van der Waals surface area contributed by atoms with Crippen LogP contribution in [0.4, 0.5) is 20.2 Å². The van der Waals surface area contributed by atoms with Gasteiger partial charge in [-0.15, -0.1) is 0 Å². The number of sulfonamides is 1. The second-order valence-corrected chi connectivity index (χ2v) is 10.2. The topological polar surface area (TPSA) is 79.0 Å². The molecule has 1 fully saturated rings. The summed E-state index contributed by atoms with van der Waals surface area (Å²) in [4.78, 5) is 15.4. The highest BCUT2D eigenvalue weighted by Gasteiger charge is 2.25. The fourth-order valence-electron chi connectivity index (χ4n) is 3.55. The van der Waals surface area contributed by atoms with E-state index in [4.69, 9.17) is 4.74 Å². The van der Waals surface area contributed by atoms with Gasteiger partial charge in [-0.05, 0) is 42.5 Å². The first-order valence-electron chi connectivity index (χ1n) is 10.6. The van der Waals surface area contributed by atoms with Crippen LogP contribution in [0.3, 0.4) is 0 Å². The van der Waals surface area contributed by atoms with Gasteiger partial charge in [-0.1, -0.05) is 25.6 Å². The minimum absolute atomic E-state index is 0.0854. The smallest absolute Gasteiger partial charge is 0.288 e. The number of thioether (sulfide) groups is 1. The van der Waals surface area contributed by atoms with Crippen molar-refractivity contribution in [2.24, 2.45) is 0 Å². The summed E-state index contributed by atoms with van der Waals surface area (Å²) in [5, 5.41) is 2.81. The van der Waals surface area contributed by atoms with Gasteiger partial charge < -0.3 is 15.0 Å². The van der Waals surface area contributed by atoms with Crippen molar-refractivity contribution in [2.45, 2.75) is 29.4 Å². The molecule has 0 radical (unpaired) electrons. The molecule has 0 aliphatic carbocycles. The Bertz CT molecular complexity index is 1060. The summed E-state index contributed by atoms with van der Waals surface area (Å²) in [5.74, 6) is -3.01. The van der Waals surface area contributed by atoms with E-state index in [1.807, 2.05) is 4.90 Å². The first kappa shape index (κ1) is 25.4. The molecule has 1 aliphatic heterocycles. The number of alkyl halides is 2. The zero-order chi connectivity index (χ0) is 24.0. The van der Waals surface area contributed by atoms with Gasteiger partial charge in [0.25, 0.3) is 11.7 Å². The third-order valence-electron chi connectivity index (χ3n) is 5.25. The molecule has 1 saturated heterocycles. The number of anilines is 2. The van der Waals surface area contributed by atoms with E-state index in [1.165, 1.54) is 34.6 Å². The third-order valence-corrected chi connectivity index (χ3v) is 8.02. The fraction of sp³-hybridized carbons (Fsp3) is 0.409. The standard InChI is InChI=1S/C22H27F2N3O4S2/c1-3-27(4-2)33(29,30)18-9-10-20(26-11-13-31-14-12-26)19(15-18)25-21(28)16-5-7-17(8-6-16)32-22(23)24/h5-10,15,22H,3-4,11-14H2,1-2H3,(H,25,28). The number of amides is 1. The highest BCUT2D eigenvalue weighted by molar-refractivity contribution is 7.99. The maximum Gasteiger partial charge on any atom is 0.288 e. The van der Waals surface area contributed by atoms with Gasteiger partial charge in [0, 0.05) is 36.6 Å². The molecule has 1 heterocycles. The van der Waals surface area contributed by atoms with Crippen LogP contribution in [0.5, 0.6) is 0 Å². The van der Waals surface area contributed by atoms with Crippen molar-refractivity contribution in [1.29, 1.82) is 0 Å². The highest BCUT2D eigenvalue weighted by atomic mass is 32.2. The molecule has 1 N–H and O–H groups in total. The summed E-state index contributed by atoms with van der Waals surface area (Å²) in [6, 6.07) is 10.5. The monoisotopic (exact) mass is 499 g/mol. The van der Waals surface area contributed by atoms with Crippen molar-refractivity contribution in [3.63, 3.8) is 0 Å². The number of hydrogen-bond donors (Lipinski definition) is 1. The average molecular weight is 500 g/mol. The van der Waals surface area contributed by atoms with Gasteiger partial charge in [0.1, 0.15) is 0 Å². The lowest BCUT2D eigenvalue weighted by Crippen LogP contribution is -2.37. The summed E-state index contributed by atoms with van der Waals surface area (Å²) in [6.45, 7) is 6.44. The molecule has 2 aromatic rings. The first-order valence-corrected chi connectivity index (χ1v) is 12.9. The summed E-state index contributed by atoms with van der Waals surface area (Å²) >= 11 is 0.401. The predicted octanol–water partition coefficient (Wildman–Crippen LogP) is 4.12. The molecule has 11 heteroatoms. The molecule has 0 atom stereocenters. The molecule has 1 amide bonds. The number of hydrogen-bond acceptors (Lipinski definition) is 6. The number of carbonyl (C=O) groups is 1. The van der Waals surface area contributed by atoms with Crippen LogP contribution in [0.2, 0.25) is 0 Å². The van der Waals surface area contributed by atoms with Crippen LogP contribution in [0.1, 0.15) is 24.2 Å². The van der Waals surface area contributed by atoms with Crippen LogP contribution in [-0.2, 0) is 14.8 Å². The van der Waals surface area contributed by atoms with Crippen molar-refractivity contribution >= 4 is 39.1 Å². The molecule has 0 spiro atoms. The molecular weight excluding hydrogens is 472 g/mol. The van der Waals surface area contributed by atoms with Gasteiger partial charge in [0.05, 0.1) is 29.5 Å². The largest absolute Gasteiger partial charge is 0.378 e. The van der Waals surface area contributed by atoms with Crippen LogP contribution in [0, 0.1) is 0 Å². The molecule has 0 unspecified atom stereocenters. The van der Waals surface area contributed by atoms with Crippen LogP contribution < -0.4 is 10.2 Å². The lowest BCUT2D eigenvalue weighted by atomic mass is 10.2. The number of ether oxygens (including phenoxy) is 1. The molecule has 7 nitrogen and oxygen atoms in total. The maximum atomic E-state index is 13.0. The number of benzene rings is 2. The second kappa shape index (κ2) is 11.3. The number of rotatable bonds is 9. The Morgan fingerprint density at radius 2 is 1.76 bits per heavy atom. The number of nitrogens with one attached hydrogen (secondary N) is 1. The van der Waals surface area contributed by atoms with Crippen molar-refractivity contribution in [1.82, 2.24) is 4.31 Å². The van der Waals surface area contributed by atoms with Crippen molar-refractivity contribution in [3.8, 4) is 0 Å². The van der Waals surface area contributed by atoms with Crippen LogP contribution >= 0.6 is 11.8 Å². The van der Waals surface area contributed by atoms with E-state index in [-0.39, 0.29) is 10.5 Å². The molecule has 1 aliphatic rings. The Balaban J connectivity index is 1.93. The van der Waals surface area contributed by atoms with Crippen molar-refractivity contribution in [3.05, 3.63) is 48.0 Å². The van der Waals surface area contributed by atoms with E-state index in [2.05, 4.69) is 5.32 Å². The highest BCUT2D eigenvalue weighted by Crippen LogP contribution is 2.32. The number of morpholine rings is 1. The molecule has 3 rings (SSSR count). The van der Waals surface area contributed by atoms with E-state index in [1.54, 1.807) is 26.0 Å². The third kappa shape index (κ3) is 6.23. The lowest BCUT2D eigenvalue weighted by Gasteiger charge is -2.31. The minimum atomic E-state index is -3.72. The molecule has 180 valence electrons. The summed E-state index contributed by atoms with van der Waals surface area (Å²) in [5.41, 5.74) is 1.33. The van der Waals surface area contributed by atoms with Gasteiger partial charge >= 0.3 is 0 Å². The van der Waals surface area contributed by atoms with Crippen LogP contribution in [0.25, 0.3) is 0 Å². The van der Waals surface area contributed by atoms with E-state index in [0.717, 1.165) is 0 Å². The molecule has 0 saturated carbocycles. The molecule has 0 bridgehead atoms. The van der Waals surface area contributed by atoms with Gasteiger partial charge in [0.2, 0.25) is 10.0 Å². The first-order chi connectivity index (χ1) is 15.8. The van der Waals surface area contributed by atoms with Gasteiger partial charge in [-0.2, -0.15) is 13.1 Å². The predicted molar refractivity (Wildman–Crippen MR) is 126 cm³/mol. The van der Waals surface area contributed by atoms with E-state index in [9.17, 15) is 22.0 Å². The Morgan fingerprint density at radius 3 is 2.33 bits per heavy atom. The minimum Gasteiger partial charge on any atom is -0.378 e. The van der Waals surface area contributed by atoms with Gasteiger partial charge in [-0.25, -0.2) is 8.42 Å². The van der Waals surface area contributed by atoms with Crippen molar-refractivity contribution < 1.29 is 26.7 Å². The normalized spacial score (nSPS) is 14.7. The number of carbonyl (C=O) groups excluding carboxylic acids is 1. The SMILES string of the molecule is CCN(CC)S(=O)(=O)c1ccc(N2CCOCC2)c(NC(=O)c2ccc(SC(F)F)cc2)c1. The Hall–Kier alpha value is -2.21. The molecular formula is C22H27F2N3O4S2. The van der Waals surface area contributed by atoms with E-state index in [0.29, 0.717) is 67.4 Å². The summed E-state index contributed by atoms with van der Waals surface area (Å²) in [6.07, 6.45) is 0. The number of halogens is 2. The van der Waals surface area contributed by atoms with E-state index < -0.39 is 21.7 Å². The zero-order valence-electron chi connectivity index (χ0n) is 18.5. The second-order valence-electron chi connectivity index (χ2n) is 7.22. The van der Waals surface area contributed by atoms with Gasteiger partial charge in [0.15, 0.2) is 0 Å². The molecule has 33 heavy (non-hydrogen) atoms. The Labute approximate surface area is 197 Å². The average Bonchev–Trinajstić information content (AvgIpc) is 2.80. The Kier molecular flexibility index (Phi) is 8.69. The number of nitrogens with zero attached hydrogens (tertiary/aromatic N) is 2. The fourth-order valence-corrected chi connectivity index (χ4v) is 5.53. The quantitative estimate of drug-likeness (QED) is 0.523. The van der Waals surface area contributed by atoms with Crippen molar-refractivity contribution in [2.75, 3.05) is 49.6 Å². The maximum absolute atomic E-state index is 13.0. The molecule has 2 aromatic carbocycles. The van der Waals surface area contributed by atoms with Gasteiger partial charge in [-0.3, -0.25) is 4.79 Å². The van der Waals surface area contributed by atoms with Crippen LogP contribution in [-0.4, -0.2) is 63.8 Å². The molecule has 0 aromatic heterocycles.